The molecule has 5 nitrogen and oxygen atoms in total. The number of carbonyl (C=O) groups excluding carboxylic acids is 1. The van der Waals surface area contributed by atoms with Crippen molar-refractivity contribution in [2.75, 3.05) is 19.0 Å². The minimum atomic E-state index is -2.74. The number of hydrogen-bond donors (Lipinski definition) is 1. The molecule has 0 unspecified atom stereocenters. The maximum atomic E-state index is 14.7. The van der Waals surface area contributed by atoms with Crippen LogP contribution in [0.3, 0.4) is 0 Å². The number of benzene rings is 1. The first kappa shape index (κ1) is 24.6. The minimum absolute atomic E-state index is 0.0448. The minimum Gasteiger partial charge on any atom is -0.376 e. The summed E-state index contributed by atoms with van der Waals surface area (Å²) < 4.78 is 67.4. The van der Waals surface area contributed by atoms with E-state index in [-0.39, 0.29) is 55.0 Å². The quantitative estimate of drug-likeness (QED) is 0.546. The second-order valence-corrected chi connectivity index (χ2v) is 9.35. The molecule has 1 saturated carbocycles. The van der Waals surface area contributed by atoms with E-state index >= 15 is 0 Å². The normalized spacial score (nSPS) is 25.2. The van der Waals surface area contributed by atoms with E-state index in [1.54, 1.807) is 7.11 Å². The average molecular weight is 481 g/mol. The fourth-order valence-corrected chi connectivity index (χ4v) is 4.60. The highest BCUT2D eigenvalue weighted by molar-refractivity contribution is 5.99. The van der Waals surface area contributed by atoms with Crippen molar-refractivity contribution < 1.29 is 31.8 Å². The van der Waals surface area contributed by atoms with Crippen LogP contribution in [0.2, 0.25) is 0 Å². The monoisotopic (exact) mass is 480 g/mol. The van der Waals surface area contributed by atoms with Crippen molar-refractivity contribution >= 4 is 11.6 Å². The molecule has 1 amide bonds. The van der Waals surface area contributed by atoms with Gasteiger partial charge in [0, 0.05) is 43.2 Å². The SMILES string of the molecule is CO[C@@]1(C)CC[C@H](C(=O)Nc2c(-c3cc(F)ccc3F)ccnc2C2CCC(F)(F)CC2)OC1. The number of alkyl halides is 2. The van der Waals surface area contributed by atoms with E-state index < -0.39 is 35.2 Å². The fourth-order valence-electron chi connectivity index (χ4n) is 4.60. The predicted octanol–water partition coefficient (Wildman–Crippen LogP) is 5.84. The molecule has 4 rings (SSSR count). The third-order valence-corrected chi connectivity index (χ3v) is 6.86. The van der Waals surface area contributed by atoms with Crippen LogP contribution in [0.5, 0.6) is 0 Å². The zero-order chi connectivity index (χ0) is 24.5. The highest BCUT2D eigenvalue weighted by Crippen LogP contribution is 2.44. The molecule has 2 aromatic rings. The van der Waals surface area contributed by atoms with Gasteiger partial charge in [-0.1, -0.05) is 0 Å². The fraction of sp³-hybridized carbons (Fsp3) is 0.520. The standard InChI is InChI=1S/C25H28F4N2O3/c1-24(33-2)9-7-20(34-14-24)23(32)31-22-17(18-13-16(26)3-4-19(18)27)8-12-30-21(22)15-5-10-25(28,29)11-6-15/h3-4,8,12-13,15,20H,5-7,9-11,14H2,1-2H3,(H,31,32)/t20-,24+/m1/s1. The molecule has 34 heavy (non-hydrogen) atoms. The number of nitrogens with one attached hydrogen (secondary N) is 1. The van der Waals surface area contributed by atoms with Gasteiger partial charge in [0.15, 0.2) is 0 Å². The zero-order valence-electron chi connectivity index (χ0n) is 19.2. The van der Waals surface area contributed by atoms with E-state index in [2.05, 4.69) is 10.3 Å². The van der Waals surface area contributed by atoms with E-state index in [9.17, 15) is 22.4 Å². The first-order chi connectivity index (χ1) is 16.1. The Morgan fingerprint density at radius 3 is 2.50 bits per heavy atom. The number of aromatic nitrogens is 1. The van der Waals surface area contributed by atoms with Crippen LogP contribution >= 0.6 is 0 Å². The van der Waals surface area contributed by atoms with Crippen molar-refractivity contribution in [2.45, 2.75) is 69.0 Å². The van der Waals surface area contributed by atoms with E-state index in [0.717, 1.165) is 18.2 Å². The Morgan fingerprint density at radius 2 is 1.85 bits per heavy atom. The number of carbonyl (C=O) groups is 1. The second kappa shape index (κ2) is 9.62. The number of hydrogen-bond acceptors (Lipinski definition) is 4. The molecule has 2 fully saturated rings. The lowest BCUT2D eigenvalue weighted by Crippen LogP contribution is -2.45. The van der Waals surface area contributed by atoms with Gasteiger partial charge < -0.3 is 14.8 Å². The van der Waals surface area contributed by atoms with Gasteiger partial charge in [-0.3, -0.25) is 9.78 Å². The Bertz CT molecular complexity index is 1040. The summed E-state index contributed by atoms with van der Waals surface area (Å²) in [6.45, 7) is 2.12. The molecule has 2 atom stereocenters. The molecule has 184 valence electrons. The van der Waals surface area contributed by atoms with Crippen LogP contribution in [0, 0.1) is 11.6 Å². The molecule has 1 saturated heterocycles. The van der Waals surface area contributed by atoms with Crippen LogP contribution in [-0.4, -0.2) is 42.2 Å². The molecule has 1 aliphatic heterocycles. The summed E-state index contributed by atoms with van der Waals surface area (Å²) in [4.78, 5) is 17.5. The molecular formula is C25H28F4N2O3. The molecule has 1 aliphatic carbocycles. The molecule has 0 spiro atoms. The third-order valence-electron chi connectivity index (χ3n) is 6.86. The molecule has 1 aromatic carbocycles. The van der Waals surface area contributed by atoms with Crippen molar-refractivity contribution in [3.05, 3.63) is 47.8 Å². The first-order valence-electron chi connectivity index (χ1n) is 11.4. The molecular weight excluding hydrogens is 452 g/mol. The van der Waals surface area contributed by atoms with Gasteiger partial charge in [-0.05, 0) is 56.9 Å². The lowest BCUT2D eigenvalue weighted by atomic mass is 9.83. The first-order valence-corrected chi connectivity index (χ1v) is 11.4. The van der Waals surface area contributed by atoms with Crippen molar-refractivity contribution in [1.82, 2.24) is 4.98 Å². The summed E-state index contributed by atoms with van der Waals surface area (Å²) >= 11 is 0. The van der Waals surface area contributed by atoms with Gasteiger partial charge in [0.2, 0.25) is 5.92 Å². The van der Waals surface area contributed by atoms with Gasteiger partial charge >= 0.3 is 0 Å². The lowest BCUT2D eigenvalue weighted by molar-refractivity contribution is -0.150. The molecule has 0 bridgehead atoms. The summed E-state index contributed by atoms with van der Waals surface area (Å²) in [5.41, 5.74) is 0.305. The number of ether oxygens (including phenoxy) is 2. The van der Waals surface area contributed by atoms with Gasteiger partial charge in [0.05, 0.1) is 23.6 Å². The van der Waals surface area contributed by atoms with Crippen molar-refractivity contribution in [1.29, 1.82) is 0 Å². The summed E-state index contributed by atoms with van der Waals surface area (Å²) in [5, 5.41) is 2.81. The highest BCUT2D eigenvalue weighted by atomic mass is 19.3. The predicted molar refractivity (Wildman–Crippen MR) is 119 cm³/mol. The van der Waals surface area contributed by atoms with Crippen LogP contribution in [0.1, 0.15) is 57.1 Å². The number of pyridine rings is 1. The van der Waals surface area contributed by atoms with Gasteiger partial charge in [-0.2, -0.15) is 0 Å². The van der Waals surface area contributed by atoms with Gasteiger partial charge in [0.25, 0.3) is 5.91 Å². The molecule has 1 N–H and O–H groups in total. The molecule has 0 radical (unpaired) electrons. The van der Waals surface area contributed by atoms with Crippen LogP contribution in [-0.2, 0) is 14.3 Å². The Morgan fingerprint density at radius 1 is 1.12 bits per heavy atom. The number of halogens is 4. The van der Waals surface area contributed by atoms with E-state index in [4.69, 9.17) is 9.47 Å². The van der Waals surface area contributed by atoms with Gasteiger partial charge in [-0.25, -0.2) is 17.6 Å². The van der Waals surface area contributed by atoms with E-state index in [1.807, 2.05) is 6.92 Å². The van der Waals surface area contributed by atoms with Crippen molar-refractivity contribution in [3.63, 3.8) is 0 Å². The zero-order valence-corrected chi connectivity index (χ0v) is 19.2. The van der Waals surface area contributed by atoms with Crippen LogP contribution in [0.25, 0.3) is 11.1 Å². The van der Waals surface area contributed by atoms with Crippen LogP contribution < -0.4 is 5.32 Å². The Labute approximate surface area is 195 Å². The summed E-state index contributed by atoms with van der Waals surface area (Å²) in [7, 11) is 1.58. The Kier molecular flexibility index (Phi) is 6.96. The van der Waals surface area contributed by atoms with Crippen LogP contribution in [0.15, 0.2) is 30.5 Å². The van der Waals surface area contributed by atoms with Crippen molar-refractivity contribution in [3.8, 4) is 11.1 Å². The topological polar surface area (TPSA) is 60.5 Å². The third kappa shape index (κ3) is 5.25. The van der Waals surface area contributed by atoms with E-state index in [0.29, 0.717) is 18.5 Å². The van der Waals surface area contributed by atoms with Crippen molar-refractivity contribution in [2.24, 2.45) is 0 Å². The number of amides is 1. The number of nitrogens with zero attached hydrogens (tertiary/aromatic N) is 1. The summed E-state index contributed by atoms with van der Waals surface area (Å²) in [6.07, 6.45) is 1.42. The van der Waals surface area contributed by atoms with Crippen LogP contribution in [0.4, 0.5) is 23.2 Å². The largest absolute Gasteiger partial charge is 0.376 e. The highest BCUT2D eigenvalue weighted by Gasteiger charge is 2.38. The number of anilines is 1. The molecule has 2 aliphatic rings. The summed E-state index contributed by atoms with van der Waals surface area (Å²) in [5.74, 6) is -4.86. The number of rotatable bonds is 5. The maximum absolute atomic E-state index is 14.7. The number of methoxy groups -OCH3 is 1. The average Bonchev–Trinajstić information content (AvgIpc) is 2.81. The molecule has 2 heterocycles. The Hall–Kier alpha value is -2.52. The van der Waals surface area contributed by atoms with Gasteiger partial charge in [-0.15, -0.1) is 0 Å². The maximum Gasteiger partial charge on any atom is 0.253 e. The molecule has 9 heteroatoms. The Balaban J connectivity index is 1.68. The smallest absolute Gasteiger partial charge is 0.253 e. The molecule has 1 aromatic heterocycles. The lowest BCUT2D eigenvalue weighted by Gasteiger charge is -2.36. The van der Waals surface area contributed by atoms with E-state index in [1.165, 1.54) is 12.3 Å². The summed E-state index contributed by atoms with van der Waals surface area (Å²) in [6, 6.07) is 4.54. The second-order valence-electron chi connectivity index (χ2n) is 9.35. The van der Waals surface area contributed by atoms with Gasteiger partial charge in [0.1, 0.15) is 17.7 Å².